The van der Waals surface area contributed by atoms with Crippen molar-refractivity contribution in [3.63, 3.8) is 0 Å². The Kier molecular flexibility index (Phi) is 6.75. The lowest BCUT2D eigenvalue weighted by atomic mass is 9.88. The number of allylic oxidation sites excluding steroid dienone is 4. The standard InChI is InChI=1S/C22H25ClFN3O2/c1-2-3-13-29-20-15-18(19(28)14-16-9-7-8-12-22(16,23)24)21(25)26-27(20)17-10-5-4-6-11-17/h4-12,15-16,18H,2-3,13-14H2,1H3,(H2,25,26). The molecule has 3 atom stereocenters. The maximum atomic E-state index is 14.5. The topological polar surface area (TPSA) is 67.9 Å². The molecule has 2 aliphatic rings. The van der Waals surface area contributed by atoms with Crippen molar-refractivity contribution in [1.82, 2.24) is 0 Å². The van der Waals surface area contributed by atoms with Crippen molar-refractivity contribution in [2.24, 2.45) is 22.7 Å². The van der Waals surface area contributed by atoms with Crippen LogP contribution in [0.4, 0.5) is 10.1 Å². The molecule has 2 N–H and O–H groups in total. The predicted molar refractivity (Wildman–Crippen MR) is 114 cm³/mol. The van der Waals surface area contributed by atoms with Crippen molar-refractivity contribution in [2.75, 3.05) is 11.6 Å². The highest BCUT2D eigenvalue weighted by Gasteiger charge is 2.38. The number of unbranched alkanes of at least 4 members (excludes halogenated alkanes) is 1. The summed E-state index contributed by atoms with van der Waals surface area (Å²) in [6.07, 6.45) is 9.47. The van der Waals surface area contributed by atoms with E-state index in [9.17, 15) is 9.18 Å². The number of hydrogen-bond acceptors (Lipinski definition) is 5. The van der Waals surface area contributed by atoms with Gasteiger partial charge in [-0.25, -0.2) is 4.39 Å². The molecule has 0 saturated carbocycles. The second-order valence-corrected chi connectivity index (χ2v) is 7.63. The molecule has 0 spiro atoms. The number of nitrogens with zero attached hydrogens (tertiary/aromatic N) is 2. The molecule has 3 unspecified atom stereocenters. The molecular weight excluding hydrogens is 393 g/mol. The molecule has 1 aromatic carbocycles. The number of anilines is 1. The normalized spacial score (nSPS) is 26.1. The van der Waals surface area contributed by atoms with Crippen LogP contribution in [0, 0.1) is 11.8 Å². The van der Waals surface area contributed by atoms with Crippen molar-refractivity contribution >= 4 is 28.9 Å². The van der Waals surface area contributed by atoms with Gasteiger partial charge in [-0.15, -0.1) is 0 Å². The molecule has 5 nitrogen and oxygen atoms in total. The van der Waals surface area contributed by atoms with Gasteiger partial charge < -0.3 is 10.5 Å². The third-order valence-electron chi connectivity index (χ3n) is 4.84. The molecule has 1 aliphatic heterocycles. The maximum Gasteiger partial charge on any atom is 0.212 e. The van der Waals surface area contributed by atoms with Crippen LogP contribution in [-0.4, -0.2) is 23.4 Å². The highest BCUT2D eigenvalue weighted by molar-refractivity contribution is 6.24. The van der Waals surface area contributed by atoms with Crippen LogP contribution in [0.5, 0.6) is 0 Å². The second kappa shape index (κ2) is 9.27. The van der Waals surface area contributed by atoms with Gasteiger partial charge in [0.25, 0.3) is 0 Å². The molecule has 0 saturated heterocycles. The van der Waals surface area contributed by atoms with E-state index < -0.39 is 17.0 Å². The summed E-state index contributed by atoms with van der Waals surface area (Å²) in [4.78, 5) is 12.9. The summed E-state index contributed by atoms with van der Waals surface area (Å²) >= 11 is 5.91. The lowest BCUT2D eigenvalue weighted by Crippen LogP contribution is -2.39. The Bertz CT molecular complexity index is 849. The first kappa shape index (κ1) is 21.1. The van der Waals surface area contributed by atoms with Crippen LogP contribution in [0.15, 0.2) is 71.7 Å². The van der Waals surface area contributed by atoms with E-state index in [1.807, 2.05) is 30.3 Å². The molecule has 0 amide bonds. The summed E-state index contributed by atoms with van der Waals surface area (Å²) < 4.78 is 20.4. The lowest BCUT2D eigenvalue weighted by molar-refractivity contribution is -0.121. The Morgan fingerprint density at radius 2 is 2.10 bits per heavy atom. The summed E-state index contributed by atoms with van der Waals surface area (Å²) in [5, 5.41) is 3.89. The van der Waals surface area contributed by atoms with E-state index in [0.29, 0.717) is 12.5 Å². The molecule has 0 radical (unpaired) electrons. The van der Waals surface area contributed by atoms with Gasteiger partial charge in [0.2, 0.25) is 11.0 Å². The van der Waals surface area contributed by atoms with E-state index in [-0.39, 0.29) is 18.0 Å². The number of hydrazone groups is 1. The zero-order valence-corrected chi connectivity index (χ0v) is 17.1. The van der Waals surface area contributed by atoms with Gasteiger partial charge in [0.1, 0.15) is 17.5 Å². The zero-order valence-electron chi connectivity index (χ0n) is 16.3. The first-order chi connectivity index (χ1) is 13.9. The number of halogens is 2. The van der Waals surface area contributed by atoms with Crippen molar-refractivity contribution in [3.05, 3.63) is 66.6 Å². The lowest BCUT2D eigenvalue weighted by Gasteiger charge is -2.30. The fourth-order valence-corrected chi connectivity index (χ4v) is 3.37. The minimum Gasteiger partial charge on any atom is -0.478 e. The van der Waals surface area contributed by atoms with Gasteiger partial charge in [0, 0.05) is 12.3 Å². The maximum absolute atomic E-state index is 14.5. The smallest absolute Gasteiger partial charge is 0.212 e. The first-order valence-corrected chi connectivity index (χ1v) is 10.1. The molecular formula is C22H25ClFN3O2. The van der Waals surface area contributed by atoms with Crippen LogP contribution in [0.1, 0.15) is 26.2 Å². The summed E-state index contributed by atoms with van der Waals surface area (Å²) in [6, 6.07) is 9.41. The minimum atomic E-state index is -2.09. The molecule has 0 bridgehead atoms. The number of rotatable bonds is 8. The van der Waals surface area contributed by atoms with Crippen LogP contribution in [0.3, 0.4) is 0 Å². The Morgan fingerprint density at radius 1 is 1.34 bits per heavy atom. The zero-order chi connectivity index (χ0) is 20.9. The van der Waals surface area contributed by atoms with Gasteiger partial charge in [0.15, 0.2) is 0 Å². The molecule has 3 rings (SSSR count). The number of ether oxygens (including phenoxy) is 1. The van der Waals surface area contributed by atoms with Gasteiger partial charge in [0.05, 0.1) is 12.3 Å². The van der Waals surface area contributed by atoms with E-state index in [1.54, 1.807) is 23.2 Å². The second-order valence-electron chi connectivity index (χ2n) is 7.05. The van der Waals surface area contributed by atoms with E-state index >= 15 is 0 Å². The number of benzene rings is 1. The number of Topliss-reactive ketones (excluding diaryl/α,β-unsaturated/α-hetero) is 1. The Morgan fingerprint density at radius 3 is 2.79 bits per heavy atom. The third-order valence-corrected chi connectivity index (χ3v) is 5.24. The molecule has 1 heterocycles. The van der Waals surface area contributed by atoms with Crippen LogP contribution >= 0.6 is 11.6 Å². The van der Waals surface area contributed by atoms with Crippen molar-refractivity contribution in [3.8, 4) is 0 Å². The number of para-hydroxylation sites is 1. The average Bonchev–Trinajstić information content (AvgIpc) is 2.71. The van der Waals surface area contributed by atoms with Crippen molar-refractivity contribution in [2.45, 2.75) is 31.3 Å². The fourth-order valence-electron chi connectivity index (χ4n) is 3.15. The number of carbonyl (C=O) groups is 1. The predicted octanol–water partition coefficient (Wildman–Crippen LogP) is 4.66. The van der Waals surface area contributed by atoms with Crippen LogP contribution < -0.4 is 10.7 Å². The number of nitrogens with two attached hydrogens (primary N) is 1. The molecule has 0 fully saturated rings. The first-order valence-electron chi connectivity index (χ1n) is 9.72. The number of alkyl halides is 2. The highest BCUT2D eigenvalue weighted by Crippen LogP contribution is 2.36. The number of carbonyl (C=O) groups excluding carboxylic acids is 1. The highest BCUT2D eigenvalue weighted by atomic mass is 35.5. The Balaban J connectivity index is 1.82. The quantitative estimate of drug-likeness (QED) is 0.493. The fraction of sp³-hybridized carbons (Fsp3) is 0.364. The Hall–Kier alpha value is -2.60. The molecule has 0 aromatic heterocycles. The molecule has 29 heavy (non-hydrogen) atoms. The minimum absolute atomic E-state index is 0.0915. The van der Waals surface area contributed by atoms with E-state index in [1.165, 1.54) is 12.2 Å². The summed E-state index contributed by atoms with van der Waals surface area (Å²) in [5.41, 5.74) is 6.90. The van der Waals surface area contributed by atoms with Crippen LogP contribution in [-0.2, 0) is 9.53 Å². The van der Waals surface area contributed by atoms with Gasteiger partial charge >= 0.3 is 0 Å². The monoisotopic (exact) mass is 417 g/mol. The van der Waals surface area contributed by atoms with E-state index in [0.717, 1.165) is 18.5 Å². The number of hydrogen-bond donors (Lipinski definition) is 1. The van der Waals surface area contributed by atoms with E-state index in [2.05, 4.69) is 12.0 Å². The summed E-state index contributed by atoms with van der Waals surface area (Å²) in [5.74, 6) is -1.24. The Labute approximate surface area is 175 Å². The third kappa shape index (κ3) is 5.07. The molecule has 1 aromatic rings. The largest absolute Gasteiger partial charge is 0.478 e. The van der Waals surface area contributed by atoms with Crippen LogP contribution in [0.25, 0.3) is 0 Å². The molecule has 1 aliphatic carbocycles. The SMILES string of the molecule is CCCCOC1=CC(C(=O)CC2C=CC=CC2(F)Cl)C(N)=NN1c1ccccc1. The van der Waals surface area contributed by atoms with Crippen molar-refractivity contribution < 1.29 is 13.9 Å². The summed E-state index contributed by atoms with van der Waals surface area (Å²) in [6.45, 7) is 2.56. The average molecular weight is 418 g/mol. The molecule has 154 valence electrons. The van der Waals surface area contributed by atoms with Crippen LogP contribution in [0.2, 0.25) is 0 Å². The molecule has 7 heteroatoms. The van der Waals surface area contributed by atoms with Gasteiger partial charge in [-0.1, -0.05) is 61.4 Å². The number of ketones is 1. The van der Waals surface area contributed by atoms with Gasteiger partial charge in [-0.2, -0.15) is 10.1 Å². The van der Waals surface area contributed by atoms with Crippen molar-refractivity contribution in [1.29, 1.82) is 0 Å². The van der Waals surface area contributed by atoms with Gasteiger partial charge in [-0.05, 0) is 30.7 Å². The number of amidine groups is 1. The van der Waals surface area contributed by atoms with E-state index in [4.69, 9.17) is 22.1 Å². The summed E-state index contributed by atoms with van der Waals surface area (Å²) in [7, 11) is 0. The van der Waals surface area contributed by atoms with Gasteiger partial charge in [-0.3, -0.25) is 4.79 Å².